The molecule has 1 N–H and O–H groups in total. The Morgan fingerprint density at radius 1 is 1.08 bits per heavy atom. The Kier molecular flexibility index (Phi) is 6.43. The van der Waals surface area contributed by atoms with Crippen LogP contribution in [-0.4, -0.2) is 45.1 Å². The average Bonchev–Trinajstić information content (AvgIpc) is 2.75. The molecule has 1 aromatic carbocycles. The van der Waals surface area contributed by atoms with E-state index < -0.39 is 15.3 Å². The molecule has 0 amide bonds. The van der Waals surface area contributed by atoms with Crippen molar-refractivity contribution in [2.75, 3.05) is 13.2 Å². The van der Waals surface area contributed by atoms with Crippen molar-refractivity contribution in [2.45, 2.75) is 64.4 Å². The van der Waals surface area contributed by atoms with Crippen LogP contribution in [0.3, 0.4) is 0 Å². The third-order valence-corrected chi connectivity index (χ3v) is 6.77. The lowest BCUT2D eigenvalue weighted by Gasteiger charge is -2.32. The standard InChI is InChI=1S/C18H30BNO5S/c1-14(2)26(21,22)20-12-7-13-23-16-10-8-15(9-11-16)19-24-17(3,4)18(5,6)25-19/h8-11,14,20H,7,12-13H2,1-6H3. The summed E-state index contributed by atoms with van der Waals surface area (Å²) in [5.41, 5.74) is 0.215. The Balaban J connectivity index is 1.80. The first-order valence-corrected chi connectivity index (χ1v) is 10.6. The number of sulfonamides is 1. The maximum atomic E-state index is 11.6. The first-order valence-electron chi connectivity index (χ1n) is 9.01. The second-order valence-electron chi connectivity index (χ2n) is 7.85. The highest BCUT2D eigenvalue weighted by Crippen LogP contribution is 2.36. The minimum atomic E-state index is -3.21. The predicted molar refractivity (Wildman–Crippen MR) is 104 cm³/mol. The van der Waals surface area contributed by atoms with Gasteiger partial charge in [0, 0.05) is 6.54 Å². The highest BCUT2D eigenvalue weighted by molar-refractivity contribution is 7.90. The van der Waals surface area contributed by atoms with E-state index >= 15 is 0 Å². The van der Waals surface area contributed by atoms with Gasteiger partial charge in [0.25, 0.3) is 0 Å². The topological polar surface area (TPSA) is 73.9 Å². The van der Waals surface area contributed by atoms with Gasteiger partial charge < -0.3 is 14.0 Å². The zero-order valence-corrected chi connectivity index (χ0v) is 17.4. The van der Waals surface area contributed by atoms with Gasteiger partial charge in [-0.15, -0.1) is 0 Å². The smallest absolute Gasteiger partial charge is 0.494 e. The summed E-state index contributed by atoms with van der Waals surface area (Å²) in [7, 11) is -3.60. The van der Waals surface area contributed by atoms with Gasteiger partial charge in [-0.25, -0.2) is 13.1 Å². The third-order valence-electron chi connectivity index (χ3n) is 4.92. The van der Waals surface area contributed by atoms with E-state index in [1.807, 2.05) is 52.0 Å². The molecule has 26 heavy (non-hydrogen) atoms. The normalized spacial score (nSPS) is 19.1. The van der Waals surface area contributed by atoms with E-state index in [4.69, 9.17) is 14.0 Å². The van der Waals surface area contributed by atoms with Crippen molar-refractivity contribution in [3.8, 4) is 5.75 Å². The van der Waals surface area contributed by atoms with Crippen molar-refractivity contribution >= 4 is 22.6 Å². The molecule has 1 heterocycles. The zero-order valence-electron chi connectivity index (χ0n) is 16.5. The number of hydrogen-bond acceptors (Lipinski definition) is 5. The van der Waals surface area contributed by atoms with Crippen molar-refractivity contribution in [3.05, 3.63) is 24.3 Å². The van der Waals surface area contributed by atoms with E-state index in [0.29, 0.717) is 19.6 Å². The zero-order chi connectivity index (χ0) is 19.6. The second kappa shape index (κ2) is 7.88. The highest BCUT2D eigenvalue weighted by Gasteiger charge is 2.51. The van der Waals surface area contributed by atoms with Crippen molar-refractivity contribution < 1.29 is 22.5 Å². The van der Waals surface area contributed by atoms with Crippen molar-refractivity contribution in [1.82, 2.24) is 4.72 Å². The van der Waals surface area contributed by atoms with Gasteiger partial charge in [-0.3, -0.25) is 0 Å². The van der Waals surface area contributed by atoms with Gasteiger partial charge in [0.2, 0.25) is 10.0 Å². The molecule has 0 spiro atoms. The largest absolute Gasteiger partial charge is 0.494 e. The van der Waals surface area contributed by atoms with E-state index in [2.05, 4.69) is 4.72 Å². The maximum absolute atomic E-state index is 11.6. The number of hydrogen-bond donors (Lipinski definition) is 1. The fourth-order valence-electron chi connectivity index (χ4n) is 2.34. The molecule has 2 rings (SSSR count). The summed E-state index contributed by atoms with van der Waals surface area (Å²) in [6.07, 6.45) is 0.602. The summed E-state index contributed by atoms with van der Waals surface area (Å²) in [5.74, 6) is 0.733. The molecule has 1 aromatic rings. The molecule has 1 fully saturated rings. The molecule has 8 heteroatoms. The molecule has 1 aliphatic rings. The van der Waals surface area contributed by atoms with Gasteiger partial charge in [0.15, 0.2) is 0 Å². The number of rotatable bonds is 8. The number of nitrogens with one attached hydrogen (secondary N) is 1. The molecule has 0 saturated carbocycles. The molecule has 0 radical (unpaired) electrons. The lowest BCUT2D eigenvalue weighted by Crippen LogP contribution is -2.41. The summed E-state index contributed by atoms with van der Waals surface area (Å²) in [6.45, 7) is 12.2. The van der Waals surface area contributed by atoms with Gasteiger partial charge in [-0.2, -0.15) is 0 Å². The van der Waals surface area contributed by atoms with E-state index in [9.17, 15) is 8.42 Å². The Morgan fingerprint density at radius 2 is 1.62 bits per heavy atom. The number of ether oxygens (including phenoxy) is 1. The molecular formula is C18H30BNO5S. The summed E-state index contributed by atoms with van der Waals surface area (Å²) >= 11 is 0. The van der Waals surface area contributed by atoms with E-state index in [0.717, 1.165) is 11.2 Å². The van der Waals surface area contributed by atoms with Crippen LogP contribution in [0.4, 0.5) is 0 Å². The summed E-state index contributed by atoms with van der Waals surface area (Å²) in [4.78, 5) is 0. The van der Waals surface area contributed by atoms with Crippen LogP contribution in [0.25, 0.3) is 0 Å². The lowest BCUT2D eigenvalue weighted by atomic mass is 9.79. The van der Waals surface area contributed by atoms with E-state index in [-0.39, 0.29) is 18.3 Å². The van der Waals surface area contributed by atoms with Gasteiger partial charge in [-0.1, -0.05) is 12.1 Å². The van der Waals surface area contributed by atoms with Gasteiger partial charge in [0.05, 0.1) is 23.1 Å². The van der Waals surface area contributed by atoms with Gasteiger partial charge in [0.1, 0.15) is 5.75 Å². The molecule has 0 aliphatic carbocycles. The fraction of sp³-hybridized carbons (Fsp3) is 0.667. The second-order valence-corrected chi connectivity index (χ2v) is 10.2. The predicted octanol–water partition coefficient (Wildman–Crippen LogP) is 2.08. The summed E-state index contributed by atoms with van der Waals surface area (Å²) in [6, 6.07) is 7.61. The highest BCUT2D eigenvalue weighted by atomic mass is 32.2. The monoisotopic (exact) mass is 383 g/mol. The maximum Gasteiger partial charge on any atom is 0.494 e. The summed E-state index contributed by atoms with van der Waals surface area (Å²) in [5, 5.41) is -0.425. The molecule has 0 aromatic heterocycles. The Bertz CT molecular complexity index is 685. The Labute approximate surface area is 157 Å². The van der Waals surface area contributed by atoms with E-state index in [1.54, 1.807) is 13.8 Å². The SMILES string of the molecule is CC(C)S(=O)(=O)NCCCOc1ccc(B2OC(C)(C)C(C)(C)O2)cc1. The van der Waals surface area contributed by atoms with Crippen LogP contribution in [0.5, 0.6) is 5.75 Å². The van der Waals surface area contributed by atoms with E-state index in [1.165, 1.54) is 0 Å². The Morgan fingerprint density at radius 3 is 2.12 bits per heavy atom. The van der Waals surface area contributed by atoms with Crippen LogP contribution < -0.4 is 14.9 Å². The van der Waals surface area contributed by atoms with Gasteiger partial charge >= 0.3 is 7.12 Å². The molecule has 146 valence electrons. The van der Waals surface area contributed by atoms with Crippen LogP contribution in [-0.2, 0) is 19.3 Å². The lowest BCUT2D eigenvalue weighted by molar-refractivity contribution is 0.00578. The van der Waals surface area contributed by atoms with Crippen LogP contribution in [0.2, 0.25) is 0 Å². The van der Waals surface area contributed by atoms with Crippen LogP contribution in [0.15, 0.2) is 24.3 Å². The molecule has 1 saturated heterocycles. The van der Waals surface area contributed by atoms with Crippen LogP contribution in [0, 0.1) is 0 Å². The minimum absolute atomic E-state index is 0.365. The van der Waals surface area contributed by atoms with Gasteiger partial charge in [-0.05, 0) is 65.6 Å². The number of benzene rings is 1. The molecule has 0 atom stereocenters. The molecule has 0 bridgehead atoms. The van der Waals surface area contributed by atoms with Crippen molar-refractivity contribution in [1.29, 1.82) is 0 Å². The summed E-state index contributed by atoms with van der Waals surface area (Å²) < 4.78 is 43.6. The quantitative estimate of drug-likeness (QED) is 0.550. The van der Waals surface area contributed by atoms with Crippen LogP contribution in [0.1, 0.15) is 48.0 Å². The van der Waals surface area contributed by atoms with Crippen LogP contribution >= 0.6 is 0 Å². The van der Waals surface area contributed by atoms with Crippen molar-refractivity contribution in [2.24, 2.45) is 0 Å². The first kappa shape index (κ1) is 21.2. The van der Waals surface area contributed by atoms with Crippen molar-refractivity contribution in [3.63, 3.8) is 0 Å². The molecule has 1 aliphatic heterocycles. The first-order chi connectivity index (χ1) is 11.9. The fourth-order valence-corrected chi connectivity index (χ4v) is 3.11. The Hall–Kier alpha value is -1.09. The minimum Gasteiger partial charge on any atom is -0.494 e. The average molecular weight is 383 g/mol. The molecule has 6 nitrogen and oxygen atoms in total. The molecular weight excluding hydrogens is 353 g/mol. The molecule has 0 unspecified atom stereocenters. The third kappa shape index (κ3) is 5.00.